The van der Waals surface area contributed by atoms with E-state index >= 15 is 0 Å². The summed E-state index contributed by atoms with van der Waals surface area (Å²) in [6, 6.07) is 13.3. The number of fused-ring (bicyclic) bond motifs is 1. The number of carbonyl (C=O) groups is 3. The molecule has 4 aliphatic heterocycles. The Balaban J connectivity index is 1.03. The van der Waals surface area contributed by atoms with Gasteiger partial charge < -0.3 is 19.7 Å². The maximum atomic E-state index is 13.1. The van der Waals surface area contributed by atoms with E-state index in [-0.39, 0.29) is 24.8 Å². The van der Waals surface area contributed by atoms with E-state index in [0.29, 0.717) is 23.4 Å². The maximum absolute atomic E-state index is 13.1. The Morgan fingerprint density at radius 1 is 1.02 bits per heavy atom. The number of carbonyl (C=O) groups excluding carboxylic acids is 3. The van der Waals surface area contributed by atoms with Crippen LogP contribution < -0.4 is 15.4 Å². The molecule has 10 nitrogen and oxygen atoms in total. The number of imide groups is 1. The third kappa shape index (κ3) is 4.60. The van der Waals surface area contributed by atoms with Gasteiger partial charge in [0, 0.05) is 49.9 Å². The van der Waals surface area contributed by atoms with Crippen molar-refractivity contribution < 1.29 is 23.9 Å². The van der Waals surface area contributed by atoms with E-state index in [1.54, 1.807) is 19.2 Å². The van der Waals surface area contributed by atoms with Gasteiger partial charge in [0.1, 0.15) is 18.1 Å². The zero-order chi connectivity index (χ0) is 27.4. The zero-order valence-corrected chi connectivity index (χ0v) is 22.3. The van der Waals surface area contributed by atoms with Gasteiger partial charge in [-0.25, -0.2) is 4.79 Å². The fourth-order valence-electron chi connectivity index (χ4n) is 5.97. The largest absolute Gasteiger partial charge is 0.497 e. The van der Waals surface area contributed by atoms with E-state index in [1.807, 2.05) is 30.3 Å². The molecule has 40 heavy (non-hydrogen) atoms. The van der Waals surface area contributed by atoms with E-state index in [2.05, 4.69) is 32.3 Å². The Bertz CT molecular complexity index is 1440. The third-order valence-electron chi connectivity index (χ3n) is 8.47. The summed E-state index contributed by atoms with van der Waals surface area (Å²) in [5.74, 6) is 5.80. The van der Waals surface area contributed by atoms with Crippen molar-refractivity contribution in [1.29, 1.82) is 0 Å². The minimum absolute atomic E-state index is 0.0576. The highest BCUT2D eigenvalue weighted by Crippen LogP contribution is 2.41. The molecule has 0 radical (unpaired) electrons. The fraction of sp³-hybridized carbons (Fsp3) is 0.433. The van der Waals surface area contributed by atoms with Gasteiger partial charge in [0.15, 0.2) is 0 Å². The highest BCUT2D eigenvalue weighted by atomic mass is 16.6. The van der Waals surface area contributed by atoms with Crippen LogP contribution in [0.15, 0.2) is 42.5 Å². The summed E-state index contributed by atoms with van der Waals surface area (Å²) in [5.41, 5.74) is 1.60. The molecule has 2 N–H and O–H groups in total. The second-order valence-electron chi connectivity index (χ2n) is 11.1. The number of hydrogen-bond acceptors (Lipinski definition) is 7. The molecule has 2 aromatic carbocycles. The number of amides is 4. The Morgan fingerprint density at radius 2 is 1.77 bits per heavy atom. The van der Waals surface area contributed by atoms with Gasteiger partial charge in [-0.15, -0.1) is 0 Å². The number of epoxide rings is 1. The van der Waals surface area contributed by atoms with Crippen molar-refractivity contribution in [2.75, 3.05) is 39.8 Å². The van der Waals surface area contributed by atoms with Crippen molar-refractivity contribution in [3.8, 4) is 17.6 Å². The maximum Gasteiger partial charge on any atom is 0.323 e. The molecule has 10 heteroatoms. The SMILES string of the molecule is COc1ccc2c(c1)C(=O)N(CC1(C#Cc3ccc(C4OC4N4CCN(C5CC5)CC4)cc3)NC(=O)NC1=O)C2. The summed E-state index contributed by atoms with van der Waals surface area (Å²) < 4.78 is 11.3. The number of ether oxygens (including phenoxy) is 2. The lowest BCUT2D eigenvalue weighted by molar-refractivity contribution is -0.122. The number of rotatable bonds is 6. The van der Waals surface area contributed by atoms with Crippen LogP contribution in [0.5, 0.6) is 5.75 Å². The summed E-state index contributed by atoms with van der Waals surface area (Å²) in [7, 11) is 1.54. The Morgan fingerprint density at radius 3 is 2.45 bits per heavy atom. The Hall–Kier alpha value is -3.91. The molecule has 7 rings (SSSR count). The van der Waals surface area contributed by atoms with Crippen molar-refractivity contribution in [3.05, 3.63) is 64.7 Å². The highest BCUT2D eigenvalue weighted by molar-refractivity contribution is 6.10. The molecule has 2 aromatic rings. The van der Waals surface area contributed by atoms with E-state index in [1.165, 1.54) is 17.7 Å². The summed E-state index contributed by atoms with van der Waals surface area (Å²) in [6.45, 7) is 4.54. The highest BCUT2D eigenvalue weighted by Gasteiger charge is 2.49. The van der Waals surface area contributed by atoms with Crippen LogP contribution in [0.1, 0.15) is 46.0 Å². The number of piperazine rings is 1. The number of nitrogens with zero attached hydrogens (tertiary/aromatic N) is 3. The predicted octanol–water partition coefficient (Wildman–Crippen LogP) is 1.46. The first-order chi connectivity index (χ1) is 19.4. The quantitative estimate of drug-likeness (QED) is 0.324. The summed E-state index contributed by atoms with van der Waals surface area (Å²) in [5, 5.41) is 4.94. The number of urea groups is 1. The van der Waals surface area contributed by atoms with Gasteiger partial charge in [0.2, 0.25) is 5.54 Å². The molecule has 3 unspecified atom stereocenters. The molecular weight excluding hydrogens is 510 g/mol. The standard InChI is InChI=1S/C30H31N5O5/c1-39-23-9-6-21-17-35(26(36)24(21)16-23)18-30(28(37)31-29(38)32-30)11-10-19-2-4-20(5-3-19)25-27(40-25)34-14-12-33(13-15-34)22-7-8-22/h2-6,9,16,22,25,27H,7-8,12-15,17-18H2,1H3,(H2,31,32,37,38). The lowest BCUT2D eigenvalue weighted by atomic mass is 9.98. The van der Waals surface area contributed by atoms with Crippen LogP contribution in [0.4, 0.5) is 4.79 Å². The smallest absolute Gasteiger partial charge is 0.323 e. The van der Waals surface area contributed by atoms with E-state index in [9.17, 15) is 14.4 Å². The molecule has 1 aliphatic carbocycles. The predicted molar refractivity (Wildman–Crippen MR) is 144 cm³/mol. The van der Waals surface area contributed by atoms with Gasteiger partial charge in [-0.1, -0.05) is 30.0 Å². The number of benzene rings is 2. The lowest BCUT2D eigenvalue weighted by Crippen LogP contribution is -2.54. The first-order valence-corrected chi connectivity index (χ1v) is 13.8. The fourth-order valence-corrected chi connectivity index (χ4v) is 5.97. The first-order valence-electron chi connectivity index (χ1n) is 13.8. The van der Waals surface area contributed by atoms with E-state index in [4.69, 9.17) is 9.47 Å². The van der Waals surface area contributed by atoms with Gasteiger partial charge in [-0.2, -0.15) is 0 Å². The van der Waals surface area contributed by atoms with Gasteiger partial charge in [0.05, 0.1) is 13.7 Å². The summed E-state index contributed by atoms with van der Waals surface area (Å²) >= 11 is 0. The number of nitrogens with one attached hydrogen (secondary N) is 2. The molecule has 1 saturated carbocycles. The molecule has 0 aromatic heterocycles. The molecule has 3 saturated heterocycles. The van der Waals surface area contributed by atoms with Gasteiger partial charge >= 0.3 is 6.03 Å². The van der Waals surface area contributed by atoms with Crippen LogP contribution in [0.3, 0.4) is 0 Å². The minimum Gasteiger partial charge on any atom is -0.497 e. The second kappa shape index (κ2) is 9.63. The first kappa shape index (κ1) is 25.1. The lowest BCUT2D eigenvalue weighted by Gasteiger charge is -2.33. The second-order valence-corrected chi connectivity index (χ2v) is 11.1. The average molecular weight is 542 g/mol. The molecule has 206 valence electrons. The average Bonchev–Trinajstić information content (AvgIpc) is 3.90. The van der Waals surface area contributed by atoms with Crippen molar-refractivity contribution in [2.24, 2.45) is 0 Å². The van der Waals surface area contributed by atoms with Crippen LogP contribution in [0.25, 0.3) is 0 Å². The molecule has 5 aliphatic rings. The molecule has 4 amide bonds. The van der Waals surface area contributed by atoms with Crippen LogP contribution >= 0.6 is 0 Å². The van der Waals surface area contributed by atoms with Crippen molar-refractivity contribution >= 4 is 17.8 Å². The van der Waals surface area contributed by atoms with Crippen molar-refractivity contribution in [3.63, 3.8) is 0 Å². The third-order valence-corrected chi connectivity index (χ3v) is 8.47. The topological polar surface area (TPSA) is 107 Å². The van der Waals surface area contributed by atoms with Crippen LogP contribution in [-0.4, -0.2) is 90.2 Å². The van der Waals surface area contributed by atoms with Gasteiger partial charge in [-0.05, 0) is 48.2 Å². The molecule has 4 heterocycles. The monoisotopic (exact) mass is 541 g/mol. The molecule has 0 spiro atoms. The Labute approximate surface area is 232 Å². The molecule has 0 bridgehead atoms. The molecule has 4 fully saturated rings. The van der Waals surface area contributed by atoms with Crippen LogP contribution in [0.2, 0.25) is 0 Å². The Kier molecular flexibility index (Phi) is 6.04. The van der Waals surface area contributed by atoms with Crippen molar-refractivity contribution in [2.45, 2.75) is 43.3 Å². The molecular formula is C30H31N5O5. The van der Waals surface area contributed by atoms with Crippen molar-refractivity contribution in [1.82, 2.24) is 25.3 Å². The number of hydrogen-bond donors (Lipinski definition) is 2. The minimum atomic E-state index is -1.55. The zero-order valence-electron chi connectivity index (χ0n) is 22.3. The van der Waals surface area contributed by atoms with Crippen LogP contribution in [0, 0.1) is 11.8 Å². The molecule has 3 atom stereocenters. The van der Waals surface area contributed by atoms with Crippen LogP contribution in [-0.2, 0) is 16.1 Å². The van der Waals surface area contributed by atoms with E-state index < -0.39 is 17.5 Å². The van der Waals surface area contributed by atoms with Gasteiger partial charge in [-0.3, -0.25) is 24.7 Å². The normalized spacial score (nSPS) is 28.0. The van der Waals surface area contributed by atoms with Gasteiger partial charge in [0.25, 0.3) is 11.8 Å². The summed E-state index contributed by atoms with van der Waals surface area (Å²) in [4.78, 5) is 44.7. The summed E-state index contributed by atoms with van der Waals surface area (Å²) in [6.07, 6.45) is 2.87. The van der Waals surface area contributed by atoms with E-state index in [0.717, 1.165) is 43.3 Å². The number of methoxy groups -OCH3 is 1.